The van der Waals surface area contributed by atoms with Crippen molar-refractivity contribution in [1.29, 1.82) is 0 Å². The summed E-state index contributed by atoms with van der Waals surface area (Å²) in [5.41, 5.74) is 0.648. The van der Waals surface area contributed by atoms with Gasteiger partial charge in [0.25, 0.3) is 0 Å². The highest BCUT2D eigenvalue weighted by Crippen LogP contribution is 2.10. The summed E-state index contributed by atoms with van der Waals surface area (Å²) >= 11 is 0. The number of aromatic nitrogens is 4. The predicted octanol–water partition coefficient (Wildman–Crippen LogP) is 0.462. The molecule has 0 saturated carbocycles. The van der Waals surface area contributed by atoms with E-state index in [9.17, 15) is 14.9 Å². The Morgan fingerprint density at radius 2 is 2.39 bits per heavy atom. The second-order valence-corrected chi connectivity index (χ2v) is 3.63. The van der Waals surface area contributed by atoms with Gasteiger partial charge in [0.05, 0.1) is 11.1 Å². The minimum atomic E-state index is -0.569. The third kappa shape index (κ3) is 2.51. The van der Waals surface area contributed by atoms with Crippen LogP contribution >= 0.6 is 0 Å². The molecule has 0 aliphatic carbocycles. The zero-order valence-corrected chi connectivity index (χ0v) is 9.45. The minimum Gasteiger partial charge on any atom is -0.309 e. The molecule has 0 bridgehead atoms. The van der Waals surface area contributed by atoms with E-state index in [2.05, 4.69) is 20.6 Å². The van der Waals surface area contributed by atoms with Gasteiger partial charge in [-0.05, 0) is 6.92 Å². The van der Waals surface area contributed by atoms with Gasteiger partial charge >= 0.3 is 5.69 Å². The van der Waals surface area contributed by atoms with Crippen molar-refractivity contribution in [3.8, 4) is 0 Å². The highest BCUT2D eigenvalue weighted by Gasteiger charge is 2.12. The number of nitrogens with one attached hydrogen (secondary N) is 2. The highest BCUT2D eigenvalue weighted by atomic mass is 16.6. The number of amides is 1. The number of anilines is 1. The summed E-state index contributed by atoms with van der Waals surface area (Å²) in [7, 11) is 0. The van der Waals surface area contributed by atoms with Gasteiger partial charge in [0.2, 0.25) is 5.91 Å². The molecule has 0 unspecified atom stereocenters. The fraction of sp³-hybridized carbons (Fsp3) is 0.222. The summed E-state index contributed by atoms with van der Waals surface area (Å²) in [6, 6.07) is 0. The van der Waals surface area contributed by atoms with Crippen molar-refractivity contribution in [2.75, 3.05) is 5.32 Å². The van der Waals surface area contributed by atoms with E-state index in [0.717, 1.165) is 11.8 Å². The second-order valence-electron chi connectivity index (χ2n) is 3.63. The first kappa shape index (κ1) is 11.8. The Morgan fingerprint density at radius 3 is 2.94 bits per heavy atom. The lowest BCUT2D eigenvalue weighted by Crippen LogP contribution is -2.19. The van der Waals surface area contributed by atoms with E-state index in [4.69, 9.17) is 0 Å². The van der Waals surface area contributed by atoms with E-state index >= 15 is 0 Å². The van der Waals surface area contributed by atoms with Crippen molar-refractivity contribution in [2.45, 2.75) is 13.5 Å². The number of rotatable bonds is 4. The van der Waals surface area contributed by atoms with Gasteiger partial charge in [-0.2, -0.15) is 10.2 Å². The number of aromatic amines is 1. The molecule has 0 spiro atoms. The molecule has 1 amide bonds. The lowest BCUT2D eigenvalue weighted by Gasteiger charge is -2.03. The van der Waals surface area contributed by atoms with E-state index in [0.29, 0.717) is 5.82 Å². The maximum Gasteiger partial charge on any atom is 0.307 e. The smallest absolute Gasteiger partial charge is 0.307 e. The standard InChI is InChI=1S/C9H10N6O3/c1-6-2-10-13-9(6)12-8(16)5-14-4-7(3-11-14)15(17)18/h2-4H,5H2,1H3,(H2,10,12,13,16). The Kier molecular flexibility index (Phi) is 3.04. The SMILES string of the molecule is Cc1cn[nH]c1NC(=O)Cn1cc([N+](=O)[O-])cn1. The molecule has 0 aliphatic rings. The first-order valence-electron chi connectivity index (χ1n) is 5.03. The summed E-state index contributed by atoms with van der Waals surface area (Å²) in [6.07, 6.45) is 3.86. The lowest BCUT2D eigenvalue weighted by atomic mass is 10.4. The quantitative estimate of drug-likeness (QED) is 0.603. The van der Waals surface area contributed by atoms with Crippen molar-refractivity contribution in [2.24, 2.45) is 0 Å². The average Bonchev–Trinajstić information content (AvgIpc) is 2.89. The van der Waals surface area contributed by atoms with Gasteiger partial charge in [-0.3, -0.25) is 24.7 Å². The maximum atomic E-state index is 11.6. The topological polar surface area (TPSA) is 119 Å². The summed E-state index contributed by atoms with van der Waals surface area (Å²) in [5.74, 6) is 0.155. The summed E-state index contributed by atoms with van der Waals surface area (Å²) < 4.78 is 1.19. The third-order valence-corrected chi connectivity index (χ3v) is 2.23. The molecule has 2 aromatic heterocycles. The number of carbonyl (C=O) groups is 1. The predicted molar refractivity (Wildman–Crippen MR) is 60.8 cm³/mol. The molecule has 94 valence electrons. The Bertz CT molecular complexity index is 587. The molecule has 0 atom stereocenters. The van der Waals surface area contributed by atoms with Crippen LogP contribution in [0.25, 0.3) is 0 Å². The number of nitrogens with zero attached hydrogens (tertiary/aromatic N) is 4. The molecule has 18 heavy (non-hydrogen) atoms. The molecule has 2 aromatic rings. The number of nitro groups is 1. The summed E-state index contributed by atoms with van der Waals surface area (Å²) in [6.45, 7) is 1.68. The van der Waals surface area contributed by atoms with Gasteiger partial charge < -0.3 is 5.32 Å². The molecule has 2 N–H and O–H groups in total. The third-order valence-electron chi connectivity index (χ3n) is 2.23. The van der Waals surface area contributed by atoms with Crippen LogP contribution in [0.5, 0.6) is 0 Å². The van der Waals surface area contributed by atoms with Crippen LogP contribution in [0, 0.1) is 17.0 Å². The number of carbonyl (C=O) groups excluding carboxylic acids is 1. The van der Waals surface area contributed by atoms with Gasteiger partial charge in [0.15, 0.2) is 0 Å². The monoisotopic (exact) mass is 250 g/mol. The van der Waals surface area contributed by atoms with Crippen LogP contribution < -0.4 is 5.32 Å². The first-order chi connectivity index (χ1) is 8.56. The van der Waals surface area contributed by atoms with Gasteiger partial charge in [-0.1, -0.05) is 0 Å². The van der Waals surface area contributed by atoms with Crippen LogP contribution in [-0.4, -0.2) is 30.8 Å². The average molecular weight is 250 g/mol. The summed E-state index contributed by atoms with van der Waals surface area (Å²) in [5, 5.41) is 23.1. The molecule has 0 fully saturated rings. The lowest BCUT2D eigenvalue weighted by molar-refractivity contribution is -0.385. The van der Waals surface area contributed by atoms with Crippen molar-refractivity contribution in [1.82, 2.24) is 20.0 Å². The number of aryl methyl sites for hydroxylation is 1. The molecule has 0 radical (unpaired) electrons. The van der Waals surface area contributed by atoms with Gasteiger partial charge in [0, 0.05) is 5.56 Å². The fourth-order valence-electron chi connectivity index (χ4n) is 1.33. The van der Waals surface area contributed by atoms with Crippen molar-refractivity contribution in [3.05, 3.63) is 34.3 Å². The number of H-pyrrole nitrogens is 1. The van der Waals surface area contributed by atoms with E-state index in [1.165, 1.54) is 10.9 Å². The first-order valence-corrected chi connectivity index (χ1v) is 5.03. The minimum absolute atomic E-state index is 0.105. The number of hydrogen-bond donors (Lipinski definition) is 2. The van der Waals surface area contributed by atoms with Crippen LogP contribution in [-0.2, 0) is 11.3 Å². The van der Waals surface area contributed by atoms with E-state index in [1.807, 2.05) is 0 Å². The van der Waals surface area contributed by atoms with Crippen LogP contribution in [0.1, 0.15) is 5.56 Å². The van der Waals surface area contributed by atoms with Gasteiger partial charge in [-0.25, -0.2) is 0 Å². The number of hydrogen-bond acceptors (Lipinski definition) is 5. The molecular formula is C9H10N6O3. The van der Waals surface area contributed by atoms with E-state index < -0.39 is 4.92 Å². The van der Waals surface area contributed by atoms with E-state index in [1.54, 1.807) is 13.1 Å². The zero-order valence-electron chi connectivity index (χ0n) is 9.45. The van der Waals surface area contributed by atoms with Gasteiger partial charge in [0.1, 0.15) is 24.8 Å². The Hall–Kier alpha value is -2.71. The normalized spacial score (nSPS) is 10.3. The molecule has 0 saturated heterocycles. The van der Waals surface area contributed by atoms with Crippen molar-refractivity contribution in [3.63, 3.8) is 0 Å². The van der Waals surface area contributed by atoms with Crippen molar-refractivity contribution >= 4 is 17.4 Å². The van der Waals surface area contributed by atoms with Crippen LogP contribution in [0.4, 0.5) is 11.5 Å². The molecular weight excluding hydrogens is 240 g/mol. The molecule has 0 aliphatic heterocycles. The zero-order chi connectivity index (χ0) is 13.1. The van der Waals surface area contributed by atoms with Crippen LogP contribution in [0.3, 0.4) is 0 Å². The van der Waals surface area contributed by atoms with E-state index in [-0.39, 0.29) is 18.1 Å². The molecule has 0 aromatic carbocycles. The second kappa shape index (κ2) is 4.65. The largest absolute Gasteiger partial charge is 0.309 e. The Balaban J connectivity index is 1.99. The highest BCUT2D eigenvalue weighted by molar-refractivity contribution is 5.90. The molecule has 2 heterocycles. The van der Waals surface area contributed by atoms with Crippen LogP contribution in [0.2, 0.25) is 0 Å². The fourth-order valence-corrected chi connectivity index (χ4v) is 1.33. The maximum absolute atomic E-state index is 11.6. The molecule has 9 nitrogen and oxygen atoms in total. The molecule has 9 heteroatoms. The Morgan fingerprint density at radius 1 is 1.61 bits per heavy atom. The van der Waals surface area contributed by atoms with Gasteiger partial charge in [-0.15, -0.1) is 0 Å². The molecule has 2 rings (SSSR count). The summed E-state index contributed by atoms with van der Waals surface area (Å²) in [4.78, 5) is 21.5. The Labute approximate surface area is 101 Å². The van der Waals surface area contributed by atoms with Crippen molar-refractivity contribution < 1.29 is 9.72 Å². The van der Waals surface area contributed by atoms with Crippen LogP contribution in [0.15, 0.2) is 18.6 Å².